The lowest BCUT2D eigenvalue weighted by Crippen LogP contribution is -2.00. The number of aromatic amines is 1. The largest absolute Gasteiger partial charge is 0.508 e. The van der Waals surface area contributed by atoms with Crippen LogP contribution in [-0.2, 0) is 0 Å². The van der Waals surface area contributed by atoms with Crippen molar-refractivity contribution < 1.29 is 9.90 Å². The number of H-pyrrole nitrogens is 1. The summed E-state index contributed by atoms with van der Waals surface area (Å²) in [5.41, 5.74) is 9.96. The molecule has 4 rings (SSSR count). The van der Waals surface area contributed by atoms with E-state index in [0.717, 1.165) is 11.1 Å². The number of aromatic hydroxyl groups is 1. The summed E-state index contributed by atoms with van der Waals surface area (Å²) in [6.07, 6.45) is 3.37. The maximum absolute atomic E-state index is 12.8. The molecule has 0 saturated carbocycles. The molecule has 0 aliphatic carbocycles. The number of fused-ring (bicyclic) bond motifs is 1. The molecule has 4 N–H and O–H groups in total. The summed E-state index contributed by atoms with van der Waals surface area (Å²) in [5.74, 6) is -0.122. The molecule has 0 spiro atoms. The van der Waals surface area contributed by atoms with E-state index in [1.165, 1.54) is 12.1 Å². The Morgan fingerprint density at radius 3 is 2.72 bits per heavy atom. The molecule has 4 aromatic rings. The molecule has 5 nitrogen and oxygen atoms in total. The maximum Gasteiger partial charge on any atom is 0.195 e. The maximum atomic E-state index is 12.8. The third-order valence-electron chi connectivity index (χ3n) is 4.16. The molecule has 2 aromatic carbocycles. The molecule has 0 atom stereocenters. The fourth-order valence-electron chi connectivity index (χ4n) is 2.90. The van der Waals surface area contributed by atoms with E-state index in [4.69, 9.17) is 5.73 Å². The number of hydrogen-bond acceptors (Lipinski definition) is 4. The lowest BCUT2D eigenvalue weighted by molar-refractivity contribution is 0.104. The van der Waals surface area contributed by atoms with Crippen molar-refractivity contribution in [3.8, 4) is 16.9 Å². The minimum absolute atomic E-state index is 0.0570. The summed E-state index contributed by atoms with van der Waals surface area (Å²) < 4.78 is 0. The van der Waals surface area contributed by atoms with Crippen LogP contribution in [0.15, 0.2) is 67.0 Å². The van der Waals surface area contributed by atoms with Gasteiger partial charge in [-0.05, 0) is 24.3 Å². The molecule has 0 bridgehead atoms. The quantitative estimate of drug-likeness (QED) is 0.394. The zero-order valence-electron chi connectivity index (χ0n) is 13.2. The van der Waals surface area contributed by atoms with E-state index >= 15 is 0 Å². The zero-order chi connectivity index (χ0) is 17.4. The van der Waals surface area contributed by atoms with Crippen LogP contribution in [0.5, 0.6) is 5.75 Å². The number of nitrogen functional groups attached to an aromatic ring is 1. The van der Waals surface area contributed by atoms with E-state index in [0.29, 0.717) is 27.8 Å². The number of benzene rings is 2. The standard InChI is InChI=1S/C20H15N3O2/c21-18-7-2-1-6-15(18)13-9-16-17(11-23-20(16)22-10-13)19(25)12-4-3-5-14(24)8-12/h1-11,24H,21H2,(H,22,23). The van der Waals surface area contributed by atoms with Crippen molar-refractivity contribution in [2.75, 3.05) is 5.73 Å². The molecule has 0 radical (unpaired) electrons. The third-order valence-corrected chi connectivity index (χ3v) is 4.16. The van der Waals surface area contributed by atoms with Gasteiger partial charge < -0.3 is 15.8 Å². The molecule has 25 heavy (non-hydrogen) atoms. The second kappa shape index (κ2) is 5.79. The number of para-hydroxylation sites is 1. The Labute approximate surface area is 143 Å². The highest BCUT2D eigenvalue weighted by Gasteiger charge is 2.16. The molecule has 5 heteroatoms. The van der Waals surface area contributed by atoms with Crippen molar-refractivity contribution in [1.29, 1.82) is 0 Å². The van der Waals surface area contributed by atoms with E-state index < -0.39 is 0 Å². The van der Waals surface area contributed by atoms with Gasteiger partial charge in [0.2, 0.25) is 0 Å². The van der Waals surface area contributed by atoms with Crippen molar-refractivity contribution in [3.05, 3.63) is 78.1 Å². The van der Waals surface area contributed by atoms with Gasteiger partial charge in [0, 0.05) is 45.7 Å². The number of phenolic OH excluding ortho intramolecular Hbond substituents is 1. The lowest BCUT2D eigenvalue weighted by atomic mass is 10.0. The molecule has 0 unspecified atom stereocenters. The molecule has 2 aromatic heterocycles. The third kappa shape index (κ3) is 2.61. The summed E-state index contributed by atoms with van der Waals surface area (Å²) in [7, 11) is 0. The first-order valence-corrected chi connectivity index (χ1v) is 7.79. The van der Waals surface area contributed by atoms with Gasteiger partial charge in [0.15, 0.2) is 5.78 Å². The van der Waals surface area contributed by atoms with Crippen LogP contribution >= 0.6 is 0 Å². The highest BCUT2D eigenvalue weighted by molar-refractivity contribution is 6.16. The van der Waals surface area contributed by atoms with Gasteiger partial charge in [-0.15, -0.1) is 0 Å². The van der Waals surface area contributed by atoms with Gasteiger partial charge in [-0.3, -0.25) is 4.79 Å². The number of carbonyl (C=O) groups excluding carboxylic acids is 1. The van der Waals surface area contributed by atoms with E-state index in [-0.39, 0.29) is 11.5 Å². The average Bonchev–Trinajstić information content (AvgIpc) is 3.04. The topological polar surface area (TPSA) is 92.0 Å². The molecule has 0 saturated heterocycles. The lowest BCUT2D eigenvalue weighted by Gasteiger charge is -2.06. The smallest absolute Gasteiger partial charge is 0.195 e. The highest BCUT2D eigenvalue weighted by Crippen LogP contribution is 2.29. The van der Waals surface area contributed by atoms with Gasteiger partial charge in [-0.25, -0.2) is 4.98 Å². The van der Waals surface area contributed by atoms with Crippen LogP contribution in [0.2, 0.25) is 0 Å². The van der Waals surface area contributed by atoms with Crippen molar-refractivity contribution in [2.45, 2.75) is 0 Å². The normalized spacial score (nSPS) is 10.9. The Morgan fingerprint density at radius 2 is 1.92 bits per heavy atom. The first-order valence-electron chi connectivity index (χ1n) is 7.79. The summed E-state index contributed by atoms with van der Waals surface area (Å²) in [6, 6.07) is 15.7. The number of aromatic nitrogens is 2. The molecule has 0 aliphatic heterocycles. The fourth-order valence-corrected chi connectivity index (χ4v) is 2.90. The van der Waals surface area contributed by atoms with Crippen LogP contribution in [0, 0.1) is 0 Å². The Kier molecular flexibility index (Phi) is 3.47. The van der Waals surface area contributed by atoms with Crippen molar-refractivity contribution >= 4 is 22.5 Å². The summed E-state index contributed by atoms with van der Waals surface area (Å²) >= 11 is 0. The number of nitrogens with two attached hydrogens (primary N) is 1. The van der Waals surface area contributed by atoms with Gasteiger partial charge in [0.1, 0.15) is 11.4 Å². The zero-order valence-corrected chi connectivity index (χ0v) is 13.2. The minimum Gasteiger partial charge on any atom is -0.508 e. The highest BCUT2D eigenvalue weighted by atomic mass is 16.3. The van der Waals surface area contributed by atoms with Crippen molar-refractivity contribution in [2.24, 2.45) is 0 Å². The summed E-state index contributed by atoms with van der Waals surface area (Å²) in [4.78, 5) is 20.2. The van der Waals surface area contributed by atoms with Crippen molar-refractivity contribution in [1.82, 2.24) is 9.97 Å². The number of ketones is 1. The Hall–Kier alpha value is -3.60. The van der Waals surface area contributed by atoms with E-state index in [1.54, 1.807) is 24.5 Å². The average molecular weight is 329 g/mol. The summed E-state index contributed by atoms with van der Waals surface area (Å²) in [5, 5.41) is 10.3. The number of nitrogens with zero attached hydrogens (tertiary/aromatic N) is 1. The van der Waals surface area contributed by atoms with Crippen LogP contribution in [-0.4, -0.2) is 20.9 Å². The SMILES string of the molecule is Nc1ccccc1-c1cnc2[nH]cc(C(=O)c3cccc(O)c3)c2c1. The monoisotopic (exact) mass is 329 g/mol. The van der Waals surface area contributed by atoms with Gasteiger partial charge >= 0.3 is 0 Å². The second-order valence-corrected chi connectivity index (χ2v) is 5.79. The van der Waals surface area contributed by atoms with Crippen LogP contribution in [0.3, 0.4) is 0 Å². The van der Waals surface area contributed by atoms with E-state index in [1.807, 2.05) is 30.3 Å². The molecular weight excluding hydrogens is 314 g/mol. The van der Waals surface area contributed by atoms with Crippen molar-refractivity contribution in [3.63, 3.8) is 0 Å². The number of pyridine rings is 1. The predicted molar refractivity (Wildman–Crippen MR) is 97.5 cm³/mol. The number of hydrogen-bond donors (Lipinski definition) is 3. The second-order valence-electron chi connectivity index (χ2n) is 5.79. The number of phenols is 1. The number of rotatable bonds is 3. The Balaban J connectivity index is 1.85. The molecular formula is C20H15N3O2. The molecule has 2 heterocycles. The first kappa shape index (κ1) is 15.0. The number of anilines is 1. The van der Waals surface area contributed by atoms with Gasteiger partial charge in [-0.1, -0.05) is 30.3 Å². The van der Waals surface area contributed by atoms with Gasteiger partial charge in [0.25, 0.3) is 0 Å². The molecule has 0 aliphatic rings. The first-order chi connectivity index (χ1) is 12.1. The van der Waals surface area contributed by atoms with E-state index in [2.05, 4.69) is 9.97 Å². The molecule has 122 valence electrons. The molecule has 0 amide bonds. The molecule has 0 fully saturated rings. The van der Waals surface area contributed by atoms with Crippen LogP contribution in [0.25, 0.3) is 22.2 Å². The fraction of sp³-hybridized carbons (Fsp3) is 0. The number of carbonyl (C=O) groups is 1. The van der Waals surface area contributed by atoms with Gasteiger partial charge in [0.05, 0.1) is 0 Å². The van der Waals surface area contributed by atoms with Crippen LogP contribution < -0.4 is 5.73 Å². The van der Waals surface area contributed by atoms with E-state index in [9.17, 15) is 9.90 Å². The van der Waals surface area contributed by atoms with Gasteiger partial charge in [-0.2, -0.15) is 0 Å². The summed E-state index contributed by atoms with van der Waals surface area (Å²) in [6.45, 7) is 0. The van der Waals surface area contributed by atoms with Crippen LogP contribution in [0.1, 0.15) is 15.9 Å². The predicted octanol–water partition coefficient (Wildman–Crippen LogP) is 3.75. The number of nitrogens with one attached hydrogen (secondary N) is 1. The Morgan fingerprint density at radius 1 is 1.08 bits per heavy atom. The Bertz CT molecular complexity index is 1100. The van der Waals surface area contributed by atoms with Crippen LogP contribution in [0.4, 0.5) is 5.69 Å². The minimum atomic E-state index is -0.179.